The third-order valence-electron chi connectivity index (χ3n) is 5.87. The molecular formula is C22H32O4. The van der Waals surface area contributed by atoms with Gasteiger partial charge in [-0.2, -0.15) is 0 Å². The molecule has 1 N–H and O–H groups in total. The lowest BCUT2D eigenvalue weighted by Crippen LogP contribution is -2.40. The Morgan fingerprint density at radius 1 is 1.15 bits per heavy atom. The molecule has 0 spiro atoms. The van der Waals surface area contributed by atoms with Crippen LogP contribution in [0.3, 0.4) is 0 Å². The van der Waals surface area contributed by atoms with E-state index in [9.17, 15) is 9.90 Å². The van der Waals surface area contributed by atoms with E-state index in [-0.39, 0.29) is 12.6 Å². The molecule has 1 saturated carbocycles. The molecule has 0 amide bonds. The molecular weight excluding hydrogens is 328 g/mol. The van der Waals surface area contributed by atoms with Crippen molar-refractivity contribution < 1.29 is 19.4 Å². The average molecular weight is 360 g/mol. The van der Waals surface area contributed by atoms with Gasteiger partial charge >= 0.3 is 5.97 Å². The zero-order valence-electron chi connectivity index (χ0n) is 16.1. The number of carbonyl (C=O) groups excluding carboxylic acids is 1. The maximum Gasteiger partial charge on any atom is 0.315 e. The van der Waals surface area contributed by atoms with Gasteiger partial charge in [-0.3, -0.25) is 4.79 Å². The molecule has 3 rings (SSSR count). The van der Waals surface area contributed by atoms with Crippen molar-refractivity contribution in [2.45, 2.75) is 71.3 Å². The Kier molecular flexibility index (Phi) is 6.58. The van der Waals surface area contributed by atoms with Crippen LogP contribution in [-0.4, -0.2) is 30.4 Å². The number of cyclic esters (lactones) is 1. The van der Waals surface area contributed by atoms with Crippen LogP contribution in [0.1, 0.15) is 61.6 Å². The minimum atomic E-state index is -0.673. The fourth-order valence-corrected chi connectivity index (χ4v) is 4.37. The van der Waals surface area contributed by atoms with E-state index >= 15 is 0 Å². The number of rotatable bonds is 6. The first-order chi connectivity index (χ1) is 12.5. The summed E-state index contributed by atoms with van der Waals surface area (Å²) in [6.45, 7) is 4.65. The van der Waals surface area contributed by atoms with Crippen molar-refractivity contribution in [3.63, 3.8) is 0 Å². The monoisotopic (exact) mass is 360 g/mol. The molecule has 0 bridgehead atoms. The van der Waals surface area contributed by atoms with Crippen LogP contribution >= 0.6 is 0 Å². The number of carbonyl (C=O) groups is 1. The summed E-state index contributed by atoms with van der Waals surface area (Å²) in [6.07, 6.45) is 8.84. The molecule has 4 heteroatoms. The minimum absolute atomic E-state index is 0.181. The molecule has 1 aromatic carbocycles. The lowest BCUT2D eigenvalue weighted by Gasteiger charge is -2.27. The molecule has 0 unspecified atom stereocenters. The molecule has 2 fully saturated rings. The van der Waals surface area contributed by atoms with Gasteiger partial charge in [-0.1, -0.05) is 49.8 Å². The van der Waals surface area contributed by atoms with Gasteiger partial charge in [0, 0.05) is 6.42 Å². The molecule has 4 nitrogen and oxygen atoms in total. The lowest BCUT2D eigenvalue weighted by molar-refractivity contribution is -0.162. The number of benzene rings is 1. The van der Waals surface area contributed by atoms with Crippen molar-refractivity contribution in [3.8, 4) is 5.75 Å². The van der Waals surface area contributed by atoms with Gasteiger partial charge in [-0.25, -0.2) is 0 Å². The Labute approximate surface area is 156 Å². The topological polar surface area (TPSA) is 55.8 Å². The number of aliphatic hydroxyl groups is 1. The number of aliphatic hydroxyl groups excluding tert-OH is 1. The quantitative estimate of drug-likeness (QED) is 0.776. The van der Waals surface area contributed by atoms with Crippen molar-refractivity contribution in [1.29, 1.82) is 0 Å². The summed E-state index contributed by atoms with van der Waals surface area (Å²) in [5, 5.41) is 10.1. The highest BCUT2D eigenvalue weighted by Crippen LogP contribution is 2.32. The Morgan fingerprint density at radius 3 is 2.65 bits per heavy atom. The molecule has 26 heavy (non-hydrogen) atoms. The van der Waals surface area contributed by atoms with Gasteiger partial charge < -0.3 is 14.6 Å². The highest BCUT2D eigenvalue weighted by molar-refractivity contribution is 5.74. The average Bonchev–Trinajstić information content (AvgIpc) is 2.62. The van der Waals surface area contributed by atoms with Gasteiger partial charge in [0.05, 0.1) is 12.7 Å². The second-order valence-electron chi connectivity index (χ2n) is 8.05. The molecule has 1 aromatic rings. The number of aryl methyl sites for hydroxylation is 3. The molecule has 2 aliphatic rings. The zero-order chi connectivity index (χ0) is 18.5. The maximum atomic E-state index is 11.9. The summed E-state index contributed by atoms with van der Waals surface area (Å²) >= 11 is 0. The van der Waals surface area contributed by atoms with Crippen LogP contribution in [0.2, 0.25) is 0 Å². The van der Waals surface area contributed by atoms with E-state index < -0.39 is 12.0 Å². The van der Waals surface area contributed by atoms with E-state index in [4.69, 9.17) is 9.47 Å². The standard InChI is InChI=1S/C22H32O4/c1-15-12-16(2)21(26-14-19-20(23)10-11-25-22(19)24)18(13-15)9-8-17-6-4-3-5-7-17/h12-13,17,19-20,23H,3-11,14H2,1-2H3/t19-,20+/m0/s1. The molecule has 1 heterocycles. The van der Waals surface area contributed by atoms with E-state index in [0.29, 0.717) is 13.0 Å². The summed E-state index contributed by atoms with van der Waals surface area (Å²) in [6, 6.07) is 4.33. The van der Waals surface area contributed by atoms with Gasteiger partial charge in [0.2, 0.25) is 0 Å². The fourth-order valence-electron chi connectivity index (χ4n) is 4.37. The smallest absolute Gasteiger partial charge is 0.315 e. The molecule has 1 aliphatic carbocycles. The van der Waals surface area contributed by atoms with E-state index in [1.807, 2.05) is 0 Å². The SMILES string of the molecule is Cc1cc(C)c(OC[C@@H]2C(=O)OCC[C@H]2O)c(CCC2CCCCC2)c1. The number of hydrogen-bond donors (Lipinski definition) is 1. The van der Waals surface area contributed by atoms with Gasteiger partial charge in [0.1, 0.15) is 18.3 Å². The van der Waals surface area contributed by atoms with Gasteiger partial charge in [0.25, 0.3) is 0 Å². The van der Waals surface area contributed by atoms with Crippen molar-refractivity contribution in [2.75, 3.05) is 13.2 Å². The molecule has 0 aromatic heterocycles. The second-order valence-corrected chi connectivity index (χ2v) is 8.05. The highest BCUT2D eigenvalue weighted by atomic mass is 16.5. The Morgan fingerprint density at radius 2 is 1.92 bits per heavy atom. The van der Waals surface area contributed by atoms with E-state index in [2.05, 4.69) is 26.0 Å². The van der Waals surface area contributed by atoms with Crippen molar-refractivity contribution >= 4 is 5.97 Å². The summed E-state index contributed by atoms with van der Waals surface area (Å²) in [5.74, 6) is 0.775. The van der Waals surface area contributed by atoms with E-state index in [1.54, 1.807) is 0 Å². The molecule has 0 radical (unpaired) electrons. The summed E-state index contributed by atoms with van der Waals surface area (Å²) in [5.41, 5.74) is 3.57. The Hall–Kier alpha value is -1.55. The van der Waals surface area contributed by atoms with E-state index in [0.717, 1.165) is 23.7 Å². The van der Waals surface area contributed by atoms with E-state index in [1.165, 1.54) is 49.7 Å². The number of hydrogen-bond acceptors (Lipinski definition) is 4. The Balaban J connectivity index is 1.67. The summed E-state index contributed by atoms with van der Waals surface area (Å²) in [4.78, 5) is 11.9. The first kappa shape index (κ1) is 19.2. The molecule has 1 saturated heterocycles. The summed E-state index contributed by atoms with van der Waals surface area (Å²) < 4.78 is 11.2. The molecule has 144 valence electrons. The predicted octanol–water partition coefficient (Wildman–Crippen LogP) is 4.12. The fraction of sp³-hybridized carbons (Fsp3) is 0.682. The van der Waals surface area contributed by atoms with Crippen LogP contribution in [0.25, 0.3) is 0 Å². The van der Waals surface area contributed by atoms with Crippen LogP contribution in [0.15, 0.2) is 12.1 Å². The maximum absolute atomic E-state index is 11.9. The number of esters is 1. The minimum Gasteiger partial charge on any atom is -0.492 e. The number of ether oxygens (including phenoxy) is 2. The normalized spacial score (nSPS) is 24.3. The lowest BCUT2D eigenvalue weighted by atomic mass is 9.85. The third-order valence-corrected chi connectivity index (χ3v) is 5.87. The summed E-state index contributed by atoms with van der Waals surface area (Å²) in [7, 11) is 0. The molecule has 2 atom stereocenters. The zero-order valence-corrected chi connectivity index (χ0v) is 16.1. The van der Waals surface area contributed by atoms with Crippen LogP contribution in [0.4, 0.5) is 0 Å². The third kappa shape index (κ3) is 4.79. The largest absolute Gasteiger partial charge is 0.492 e. The van der Waals surface area contributed by atoms with Crippen LogP contribution < -0.4 is 4.74 Å². The highest BCUT2D eigenvalue weighted by Gasteiger charge is 2.33. The van der Waals surface area contributed by atoms with Crippen LogP contribution in [-0.2, 0) is 16.0 Å². The van der Waals surface area contributed by atoms with Crippen LogP contribution in [0, 0.1) is 25.7 Å². The molecule has 1 aliphatic heterocycles. The first-order valence-electron chi connectivity index (χ1n) is 10.1. The first-order valence-corrected chi connectivity index (χ1v) is 10.1. The van der Waals surface area contributed by atoms with Gasteiger partial charge in [-0.15, -0.1) is 0 Å². The second kappa shape index (κ2) is 8.90. The van der Waals surface area contributed by atoms with Gasteiger partial charge in [-0.05, 0) is 43.7 Å². The Bertz CT molecular complexity index is 619. The van der Waals surface area contributed by atoms with Crippen molar-refractivity contribution in [2.24, 2.45) is 11.8 Å². The van der Waals surface area contributed by atoms with Crippen molar-refractivity contribution in [3.05, 3.63) is 28.8 Å². The predicted molar refractivity (Wildman–Crippen MR) is 101 cm³/mol. The van der Waals surface area contributed by atoms with Crippen molar-refractivity contribution in [1.82, 2.24) is 0 Å². The van der Waals surface area contributed by atoms with Gasteiger partial charge in [0.15, 0.2) is 0 Å². The van der Waals surface area contributed by atoms with Crippen LogP contribution in [0.5, 0.6) is 5.75 Å².